The SMILES string of the molecule is O=S(=O)(NCC1(CO)CC1)c1cccc2nsnc12. The first-order chi connectivity index (χ1) is 9.06. The monoisotopic (exact) mass is 299 g/mol. The molecule has 0 unspecified atom stereocenters. The maximum absolute atomic E-state index is 12.3. The van der Waals surface area contributed by atoms with Crippen LogP contribution in [-0.4, -0.2) is 35.4 Å². The second-order valence-electron chi connectivity index (χ2n) is 4.87. The standard InChI is InChI=1S/C11H13N3O3S2/c15-7-11(4-5-11)6-12-19(16,17)9-3-1-2-8-10(9)14-18-13-8/h1-3,12,15H,4-7H2. The summed E-state index contributed by atoms with van der Waals surface area (Å²) in [6, 6.07) is 4.90. The minimum atomic E-state index is -3.62. The van der Waals surface area contributed by atoms with Crippen molar-refractivity contribution in [1.29, 1.82) is 0 Å². The number of rotatable bonds is 5. The Bertz CT molecular complexity index is 707. The lowest BCUT2D eigenvalue weighted by atomic mass is 10.1. The highest BCUT2D eigenvalue weighted by molar-refractivity contribution is 7.89. The molecule has 0 radical (unpaired) electrons. The third-order valence-electron chi connectivity index (χ3n) is 3.47. The predicted octanol–water partition coefficient (Wildman–Crippen LogP) is 0.742. The third-order valence-corrected chi connectivity index (χ3v) is 5.44. The van der Waals surface area contributed by atoms with E-state index in [0.29, 0.717) is 11.0 Å². The Morgan fingerprint density at radius 2 is 2.16 bits per heavy atom. The molecule has 1 aromatic carbocycles. The van der Waals surface area contributed by atoms with Gasteiger partial charge in [-0.25, -0.2) is 13.1 Å². The highest BCUT2D eigenvalue weighted by Gasteiger charge is 2.42. The highest BCUT2D eigenvalue weighted by Crippen LogP contribution is 2.44. The van der Waals surface area contributed by atoms with Gasteiger partial charge in [0.25, 0.3) is 0 Å². The van der Waals surface area contributed by atoms with Crippen molar-refractivity contribution >= 4 is 32.8 Å². The second-order valence-corrected chi connectivity index (χ2v) is 7.13. The van der Waals surface area contributed by atoms with Crippen LogP contribution in [0.4, 0.5) is 0 Å². The minimum Gasteiger partial charge on any atom is -0.396 e. The van der Waals surface area contributed by atoms with Gasteiger partial charge in [-0.2, -0.15) is 8.75 Å². The molecule has 0 bridgehead atoms. The Kier molecular flexibility index (Phi) is 3.05. The summed E-state index contributed by atoms with van der Waals surface area (Å²) in [5, 5.41) is 9.21. The molecule has 19 heavy (non-hydrogen) atoms. The Balaban J connectivity index is 1.89. The molecule has 0 atom stereocenters. The number of hydrogen-bond donors (Lipinski definition) is 2. The molecule has 8 heteroatoms. The highest BCUT2D eigenvalue weighted by atomic mass is 32.2. The van der Waals surface area contributed by atoms with Gasteiger partial charge in [0.05, 0.1) is 11.7 Å². The van der Waals surface area contributed by atoms with Crippen LogP contribution in [0.2, 0.25) is 0 Å². The number of nitrogens with one attached hydrogen (secondary N) is 1. The summed E-state index contributed by atoms with van der Waals surface area (Å²) in [5.41, 5.74) is 0.714. The molecule has 1 aliphatic carbocycles. The zero-order chi connectivity index (χ0) is 13.5. The summed E-state index contributed by atoms with van der Waals surface area (Å²) in [5.74, 6) is 0. The number of aliphatic hydroxyl groups excluding tert-OH is 1. The Morgan fingerprint density at radius 1 is 1.37 bits per heavy atom. The van der Waals surface area contributed by atoms with Crippen molar-refractivity contribution in [2.75, 3.05) is 13.2 Å². The van der Waals surface area contributed by atoms with Crippen LogP contribution in [0.3, 0.4) is 0 Å². The van der Waals surface area contributed by atoms with E-state index in [2.05, 4.69) is 13.5 Å². The quantitative estimate of drug-likeness (QED) is 0.849. The predicted molar refractivity (Wildman–Crippen MR) is 71.4 cm³/mol. The van der Waals surface area contributed by atoms with E-state index in [1.54, 1.807) is 12.1 Å². The van der Waals surface area contributed by atoms with Gasteiger partial charge in [0.2, 0.25) is 10.0 Å². The van der Waals surface area contributed by atoms with Gasteiger partial charge >= 0.3 is 0 Å². The Labute approximate surface area is 114 Å². The molecular formula is C11H13N3O3S2. The van der Waals surface area contributed by atoms with Gasteiger partial charge in [-0.1, -0.05) is 6.07 Å². The van der Waals surface area contributed by atoms with E-state index < -0.39 is 10.0 Å². The molecule has 1 aromatic heterocycles. The molecule has 6 nitrogen and oxygen atoms in total. The average Bonchev–Trinajstić information content (AvgIpc) is 3.04. The lowest BCUT2D eigenvalue weighted by Crippen LogP contribution is -2.32. The van der Waals surface area contributed by atoms with Crippen LogP contribution in [0.15, 0.2) is 23.1 Å². The number of aromatic nitrogens is 2. The van der Waals surface area contributed by atoms with Crippen molar-refractivity contribution in [1.82, 2.24) is 13.5 Å². The number of fused-ring (bicyclic) bond motifs is 1. The zero-order valence-electron chi connectivity index (χ0n) is 10.0. The van der Waals surface area contributed by atoms with Crippen molar-refractivity contribution < 1.29 is 13.5 Å². The molecule has 1 fully saturated rings. The molecule has 0 aliphatic heterocycles. The molecule has 102 valence electrons. The summed E-state index contributed by atoms with van der Waals surface area (Å²) < 4.78 is 35.2. The minimum absolute atomic E-state index is 0.0119. The first-order valence-corrected chi connectivity index (χ1v) is 8.10. The van der Waals surface area contributed by atoms with Gasteiger partial charge in [-0.3, -0.25) is 0 Å². The van der Waals surface area contributed by atoms with Crippen molar-refractivity contribution in [3.05, 3.63) is 18.2 Å². The molecular weight excluding hydrogens is 286 g/mol. The maximum atomic E-state index is 12.3. The second kappa shape index (κ2) is 4.48. The summed E-state index contributed by atoms with van der Waals surface area (Å²) >= 11 is 0.991. The van der Waals surface area contributed by atoms with Gasteiger partial charge in [-0.15, -0.1) is 0 Å². The van der Waals surface area contributed by atoms with Crippen LogP contribution in [-0.2, 0) is 10.0 Å². The molecule has 1 saturated carbocycles. The van der Waals surface area contributed by atoms with E-state index in [4.69, 9.17) is 0 Å². The van der Waals surface area contributed by atoms with E-state index >= 15 is 0 Å². The molecule has 0 saturated heterocycles. The number of aliphatic hydroxyl groups is 1. The molecule has 2 N–H and O–H groups in total. The van der Waals surface area contributed by atoms with Crippen molar-refractivity contribution in [3.63, 3.8) is 0 Å². The van der Waals surface area contributed by atoms with Crippen LogP contribution < -0.4 is 4.72 Å². The molecule has 1 aliphatic rings. The summed E-state index contributed by atoms with van der Waals surface area (Å²) in [6.07, 6.45) is 1.71. The van der Waals surface area contributed by atoms with Gasteiger partial charge < -0.3 is 5.11 Å². The lowest BCUT2D eigenvalue weighted by Gasteiger charge is -2.13. The number of nitrogens with zero attached hydrogens (tertiary/aromatic N) is 2. The van der Waals surface area contributed by atoms with E-state index in [1.165, 1.54) is 6.07 Å². The van der Waals surface area contributed by atoms with Crippen molar-refractivity contribution in [2.24, 2.45) is 5.41 Å². The van der Waals surface area contributed by atoms with E-state index in [0.717, 1.165) is 24.6 Å². The van der Waals surface area contributed by atoms with Crippen molar-refractivity contribution in [3.8, 4) is 0 Å². The maximum Gasteiger partial charge on any atom is 0.242 e. The average molecular weight is 299 g/mol. The van der Waals surface area contributed by atoms with Crippen LogP contribution in [0.25, 0.3) is 11.0 Å². The Hall–Kier alpha value is -1.09. The van der Waals surface area contributed by atoms with Crippen LogP contribution in [0.5, 0.6) is 0 Å². The molecule has 3 rings (SSSR count). The van der Waals surface area contributed by atoms with Crippen molar-refractivity contribution in [2.45, 2.75) is 17.7 Å². The smallest absolute Gasteiger partial charge is 0.242 e. The molecule has 0 spiro atoms. The summed E-state index contributed by atoms with van der Waals surface area (Å²) in [7, 11) is -3.62. The lowest BCUT2D eigenvalue weighted by molar-refractivity contribution is 0.213. The fourth-order valence-electron chi connectivity index (χ4n) is 1.89. The summed E-state index contributed by atoms with van der Waals surface area (Å²) in [4.78, 5) is 0.146. The van der Waals surface area contributed by atoms with Crippen LogP contribution in [0, 0.1) is 5.41 Å². The molecule has 1 heterocycles. The largest absolute Gasteiger partial charge is 0.396 e. The topological polar surface area (TPSA) is 92.2 Å². The van der Waals surface area contributed by atoms with Gasteiger partial charge in [0.15, 0.2) is 0 Å². The fraction of sp³-hybridized carbons (Fsp3) is 0.455. The van der Waals surface area contributed by atoms with Crippen LogP contribution >= 0.6 is 11.7 Å². The first kappa shape index (κ1) is 12.9. The first-order valence-electron chi connectivity index (χ1n) is 5.88. The van der Waals surface area contributed by atoms with E-state index in [-0.39, 0.29) is 23.5 Å². The van der Waals surface area contributed by atoms with Gasteiger partial charge in [-0.05, 0) is 25.0 Å². The fourth-order valence-corrected chi connectivity index (χ4v) is 3.81. The number of benzene rings is 1. The zero-order valence-corrected chi connectivity index (χ0v) is 11.7. The van der Waals surface area contributed by atoms with Gasteiger partial charge in [0, 0.05) is 18.6 Å². The summed E-state index contributed by atoms with van der Waals surface area (Å²) in [6.45, 7) is 0.276. The Morgan fingerprint density at radius 3 is 2.84 bits per heavy atom. The van der Waals surface area contributed by atoms with E-state index in [1.807, 2.05) is 0 Å². The molecule has 2 aromatic rings. The van der Waals surface area contributed by atoms with E-state index in [9.17, 15) is 13.5 Å². The normalized spacial score (nSPS) is 17.7. The van der Waals surface area contributed by atoms with Crippen LogP contribution in [0.1, 0.15) is 12.8 Å². The van der Waals surface area contributed by atoms with Gasteiger partial charge in [0.1, 0.15) is 15.9 Å². The molecule has 0 amide bonds. The number of hydrogen-bond acceptors (Lipinski definition) is 6. The third kappa shape index (κ3) is 2.36. The number of sulfonamides is 1.